The van der Waals surface area contributed by atoms with Gasteiger partial charge in [-0.05, 0) is 98.6 Å². The quantitative estimate of drug-likeness (QED) is 0.178. The van der Waals surface area contributed by atoms with Gasteiger partial charge < -0.3 is 14.4 Å². The first-order valence-corrected chi connectivity index (χ1v) is 20.9. The van der Waals surface area contributed by atoms with E-state index in [0.717, 1.165) is 28.4 Å². The molecule has 0 atom stereocenters. The van der Waals surface area contributed by atoms with Crippen LogP contribution in [0.3, 0.4) is 0 Å². The lowest BCUT2D eigenvalue weighted by Gasteiger charge is -2.32. The predicted molar refractivity (Wildman–Crippen MR) is 242 cm³/mol. The maximum atomic E-state index is 7.11. The molecule has 0 amide bonds. The Kier molecular flexibility index (Phi) is 6.81. The number of fused-ring (bicyclic) bond motifs is 16. The van der Waals surface area contributed by atoms with Crippen molar-refractivity contribution >= 4 is 48.6 Å². The van der Waals surface area contributed by atoms with Crippen molar-refractivity contribution in [2.75, 3.05) is 4.90 Å². The molecule has 0 fully saturated rings. The van der Waals surface area contributed by atoms with E-state index in [2.05, 4.69) is 199 Å². The van der Waals surface area contributed by atoms with E-state index in [0.29, 0.717) is 17.2 Å². The third-order valence-corrected chi connectivity index (χ3v) is 13.8. The molecule has 1 spiro atoms. The second-order valence-electron chi connectivity index (χ2n) is 15.5. The summed E-state index contributed by atoms with van der Waals surface area (Å²) in [7, 11) is 0. The number of benzene rings is 9. The summed E-state index contributed by atoms with van der Waals surface area (Å²) in [5.41, 5.74) is 14.8. The fourth-order valence-corrected chi connectivity index (χ4v) is 11.4. The summed E-state index contributed by atoms with van der Waals surface area (Å²) in [6, 6.07) is 71.9. The van der Waals surface area contributed by atoms with E-state index >= 15 is 0 Å². The Labute approximate surface area is 345 Å². The molecule has 10 aromatic rings. The maximum Gasteiger partial charge on any atom is 0.194 e. The van der Waals surface area contributed by atoms with Gasteiger partial charge in [0.15, 0.2) is 23.0 Å². The van der Waals surface area contributed by atoms with Crippen molar-refractivity contribution in [1.82, 2.24) is 0 Å². The van der Waals surface area contributed by atoms with Gasteiger partial charge in [0.25, 0.3) is 0 Å². The Morgan fingerprint density at radius 1 is 0.390 bits per heavy atom. The SMILES string of the molecule is c1ccc(N(c2ccc(-c3cccc4c3sc3ccccc34)cc2)c2cccc3c2Oc2ccc4c(c2O3)-c2ccccc2C42c3ccccc3-c3ccccc32)cc1. The summed E-state index contributed by atoms with van der Waals surface area (Å²) in [5, 5.41) is 2.61. The van der Waals surface area contributed by atoms with Crippen molar-refractivity contribution in [3.8, 4) is 56.4 Å². The normalized spacial score (nSPS) is 13.5. The molecular formula is C55H33NO2S. The van der Waals surface area contributed by atoms with Crippen LogP contribution in [0.5, 0.6) is 23.0 Å². The average Bonchev–Trinajstić information content (AvgIpc) is 3.94. The molecule has 3 aliphatic rings. The lowest BCUT2D eigenvalue weighted by atomic mass is 9.70. The fourth-order valence-electron chi connectivity index (χ4n) is 10.2. The number of thiophene rings is 1. The van der Waals surface area contributed by atoms with Crippen LogP contribution in [0.2, 0.25) is 0 Å². The van der Waals surface area contributed by atoms with Crippen LogP contribution in [0.25, 0.3) is 53.6 Å². The summed E-state index contributed by atoms with van der Waals surface area (Å²) in [6.07, 6.45) is 0. The van der Waals surface area contributed by atoms with Crippen molar-refractivity contribution in [2.24, 2.45) is 0 Å². The molecule has 0 unspecified atom stereocenters. The van der Waals surface area contributed by atoms with E-state index in [4.69, 9.17) is 9.47 Å². The van der Waals surface area contributed by atoms with Crippen molar-refractivity contribution in [3.05, 3.63) is 222 Å². The molecule has 9 aromatic carbocycles. The molecule has 0 saturated heterocycles. The van der Waals surface area contributed by atoms with Gasteiger partial charge in [-0.1, -0.05) is 152 Å². The Hall–Kier alpha value is -7.40. The van der Waals surface area contributed by atoms with E-state index in [1.807, 2.05) is 17.4 Å². The van der Waals surface area contributed by atoms with Gasteiger partial charge >= 0.3 is 0 Å². The van der Waals surface area contributed by atoms with Crippen molar-refractivity contribution < 1.29 is 9.47 Å². The largest absolute Gasteiger partial charge is 0.449 e. The highest BCUT2D eigenvalue weighted by atomic mass is 32.1. The van der Waals surface area contributed by atoms with E-state index in [1.54, 1.807) is 0 Å². The van der Waals surface area contributed by atoms with Crippen LogP contribution in [0.15, 0.2) is 200 Å². The highest BCUT2D eigenvalue weighted by Crippen LogP contribution is 2.66. The minimum absolute atomic E-state index is 0.460. The van der Waals surface area contributed by atoms with Gasteiger partial charge in [-0.3, -0.25) is 0 Å². The summed E-state index contributed by atoms with van der Waals surface area (Å²) in [5.74, 6) is 2.82. The highest BCUT2D eigenvalue weighted by molar-refractivity contribution is 7.26. The number of nitrogens with zero attached hydrogens (tertiary/aromatic N) is 1. The number of ether oxygens (including phenoxy) is 2. The minimum Gasteiger partial charge on any atom is -0.449 e. The molecule has 13 rings (SSSR count). The first kappa shape index (κ1) is 32.7. The summed E-state index contributed by atoms with van der Waals surface area (Å²) >= 11 is 1.86. The van der Waals surface area contributed by atoms with Crippen LogP contribution in [-0.4, -0.2) is 0 Å². The van der Waals surface area contributed by atoms with Gasteiger partial charge in [-0.15, -0.1) is 11.3 Å². The van der Waals surface area contributed by atoms with Crippen LogP contribution >= 0.6 is 11.3 Å². The Bertz CT molecular complexity index is 3300. The standard InChI is InChI=1S/C55H33NO2S/c1-2-14-35(15-3-1)56(36-30-28-34(29-31-36)37-20-12-21-41-40-18-7-11-27-50(40)59-54(37)41)47-25-13-26-48-52(47)57-49-33-32-46-51(53(49)58-48)42-19-6-10-24-45(42)55(46)43-22-8-4-16-38(43)39-17-5-9-23-44(39)55/h1-33H. The zero-order chi connectivity index (χ0) is 38.7. The van der Waals surface area contributed by atoms with E-state index in [1.165, 1.54) is 70.2 Å². The molecule has 276 valence electrons. The Balaban J connectivity index is 0.940. The summed E-state index contributed by atoms with van der Waals surface area (Å²) < 4.78 is 16.8. The number of para-hydroxylation sites is 2. The molecule has 2 aliphatic carbocycles. The first-order chi connectivity index (χ1) is 29.3. The van der Waals surface area contributed by atoms with Gasteiger partial charge in [0.2, 0.25) is 0 Å². The third-order valence-electron chi connectivity index (χ3n) is 12.6. The first-order valence-electron chi connectivity index (χ1n) is 20.1. The van der Waals surface area contributed by atoms with Gasteiger partial charge in [0.05, 0.1) is 11.1 Å². The van der Waals surface area contributed by atoms with Gasteiger partial charge in [0, 0.05) is 37.1 Å². The van der Waals surface area contributed by atoms with Gasteiger partial charge in [-0.2, -0.15) is 0 Å². The average molecular weight is 772 g/mol. The Morgan fingerprint density at radius 3 is 1.75 bits per heavy atom. The van der Waals surface area contributed by atoms with Crippen LogP contribution in [0.4, 0.5) is 17.1 Å². The summed E-state index contributed by atoms with van der Waals surface area (Å²) in [6.45, 7) is 0. The zero-order valence-electron chi connectivity index (χ0n) is 31.7. The third kappa shape index (κ3) is 4.47. The molecule has 2 heterocycles. The smallest absolute Gasteiger partial charge is 0.194 e. The molecule has 0 radical (unpaired) electrons. The fraction of sp³-hybridized carbons (Fsp3) is 0.0182. The molecule has 0 saturated carbocycles. The van der Waals surface area contributed by atoms with Crippen LogP contribution in [-0.2, 0) is 5.41 Å². The maximum absolute atomic E-state index is 7.11. The monoisotopic (exact) mass is 771 g/mol. The second-order valence-corrected chi connectivity index (χ2v) is 16.6. The molecule has 0 N–H and O–H groups in total. The van der Waals surface area contributed by atoms with Crippen molar-refractivity contribution in [1.29, 1.82) is 0 Å². The molecule has 3 nitrogen and oxygen atoms in total. The molecule has 0 bridgehead atoms. The minimum atomic E-state index is -0.460. The molecule has 1 aromatic heterocycles. The molecule has 1 aliphatic heterocycles. The lowest BCUT2D eigenvalue weighted by Crippen LogP contribution is -2.25. The number of hydrogen-bond acceptors (Lipinski definition) is 4. The molecule has 4 heteroatoms. The highest BCUT2D eigenvalue weighted by Gasteiger charge is 2.53. The van der Waals surface area contributed by atoms with Crippen LogP contribution < -0.4 is 14.4 Å². The van der Waals surface area contributed by atoms with Crippen LogP contribution in [0.1, 0.15) is 22.3 Å². The lowest BCUT2D eigenvalue weighted by molar-refractivity contribution is 0.361. The van der Waals surface area contributed by atoms with E-state index in [-0.39, 0.29) is 0 Å². The van der Waals surface area contributed by atoms with Crippen molar-refractivity contribution in [3.63, 3.8) is 0 Å². The number of hydrogen-bond donors (Lipinski definition) is 0. The van der Waals surface area contributed by atoms with Gasteiger partial charge in [0.1, 0.15) is 0 Å². The topological polar surface area (TPSA) is 21.7 Å². The van der Waals surface area contributed by atoms with E-state index < -0.39 is 5.41 Å². The van der Waals surface area contributed by atoms with Gasteiger partial charge in [-0.25, -0.2) is 0 Å². The summed E-state index contributed by atoms with van der Waals surface area (Å²) in [4.78, 5) is 2.26. The second kappa shape index (κ2) is 12.3. The van der Waals surface area contributed by atoms with Crippen LogP contribution in [0, 0.1) is 0 Å². The number of rotatable bonds is 4. The predicted octanol–water partition coefficient (Wildman–Crippen LogP) is 15.4. The van der Waals surface area contributed by atoms with E-state index in [9.17, 15) is 0 Å². The number of anilines is 3. The molecule has 59 heavy (non-hydrogen) atoms. The van der Waals surface area contributed by atoms with Crippen molar-refractivity contribution in [2.45, 2.75) is 5.41 Å². The Morgan fingerprint density at radius 2 is 0.966 bits per heavy atom. The zero-order valence-corrected chi connectivity index (χ0v) is 32.5. The molecular weight excluding hydrogens is 739 g/mol.